The van der Waals surface area contributed by atoms with Crippen molar-refractivity contribution >= 4 is 28.6 Å². The molecule has 2 atom stereocenters. The molecule has 1 N–H and O–H groups in total. The van der Waals surface area contributed by atoms with Gasteiger partial charge in [0.15, 0.2) is 11.5 Å². The van der Waals surface area contributed by atoms with Gasteiger partial charge in [0.2, 0.25) is 5.91 Å². The Bertz CT molecular complexity index is 1450. The number of carbonyl (C=O) groups excluding carboxylic acids is 2. The molecule has 7 nitrogen and oxygen atoms in total. The van der Waals surface area contributed by atoms with E-state index in [4.69, 9.17) is 6.57 Å². The van der Waals surface area contributed by atoms with Crippen LogP contribution in [-0.4, -0.2) is 33.2 Å². The fourth-order valence-electron chi connectivity index (χ4n) is 4.50. The predicted octanol–water partition coefficient (Wildman–Crippen LogP) is 5.34. The summed E-state index contributed by atoms with van der Waals surface area (Å²) in [6.45, 7) is 11.5. The number of halogens is 3. The average Bonchev–Trinajstić information content (AvgIpc) is 3.24. The van der Waals surface area contributed by atoms with Gasteiger partial charge in [-0.2, -0.15) is 18.3 Å². The minimum Gasteiger partial charge on any atom is -0.396 e. The summed E-state index contributed by atoms with van der Waals surface area (Å²) in [4.78, 5) is 31.9. The van der Waals surface area contributed by atoms with Crippen molar-refractivity contribution < 1.29 is 27.9 Å². The average molecular weight is 509 g/mol. The van der Waals surface area contributed by atoms with Crippen LogP contribution in [0.1, 0.15) is 30.7 Å². The van der Waals surface area contributed by atoms with E-state index in [1.54, 1.807) is 37.4 Å². The van der Waals surface area contributed by atoms with E-state index >= 15 is 0 Å². The van der Waals surface area contributed by atoms with Gasteiger partial charge in [-0.3, -0.25) is 14.5 Å². The van der Waals surface area contributed by atoms with Gasteiger partial charge >= 0.3 is 6.18 Å². The van der Waals surface area contributed by atoms with Crippen LogP contribution in [0.2, 0.25) is 0 Å². The van der Waals surface area contributed by atoms with Crippen molar-refractivity contribution in [2.45, 2.75) is 26.9 Å². The van der Waals surface area contributed by atoms with Crippen molar-refractivity contribution in [3.63, 3.8) is 0 Å². The molecule has 10 heteroatoms. The molecule has 0 radical (unpaired) electrons. The minimum atomic E-state index is -4.63. The molecule has 1 aliphatic heterocycles. The zero-order valence-electron chi connectivity index (χ0n) is 20.2. The topological polar surface area (TPSA) is 79.8 Å². The van der Waals surface area contributed by atoms with E-state index in [-0.39, 0.29) is 17.0 Å². The number of allylic oxidation sites excluding steroid dienone is 2. The molecule has 37 heavy (non-hydrogen) atoms. The second-order valence-electron chi connectivity index (χ2n) is 8.90. The number of aliphatic hydroxyl groups excluding tert-OH is 1. The highest BCUT2D eigenvalue weighted by Crippen LogP contribution is 2.40. The molecule has 1 aromatic heterocycles. The lowest BCUT2D eigenvalue weighted by molar-refractivity contribution is -0.138. The third-order valence-corrected chi connectivity index (χ3v) is 6.41. The van der Waals surface area contributed by atoms with E-state index in [0.717, 1.165) is 17.0 Å². The Labute approximate surface area is 211 Å². The molecular formula is C27H23F3N4O3. The monoisotopic (exact) mass is 508 g/mol. The van der Waals surface area contributed by atoms with Crippen molar-refractivity contribution in [1.82, 2.24) is 9.78 Å². The van der Waals surface area contributed by atoms with Crippen LogP contribution in [0.15, 0.2) is 60.4 Å². The maximum Gasteiger partial charge on any atom is 0.416 e. The number of ketones is 1. The number of anilines is 1. The van der Waals surface area contributed by atoms with Gasteiger partial charge in [-0.25, -0.2) is 9.53 Å². The fourth-order valence-corrected chi connectivity index (χ4v) is 4.50. The van der Waals surface area contributed by atoms with Crippen LogP contribution in [0.25, 0.3) is 16.1 Å². The molecule has 2 heterocycles. The highest BCUT2D eigenvalue weighted by molar-refractivity contribution is 6.33. The highest BCUT2D eigenvalue weighted by atomic mass is 19.4. The smallest absolute Gasteiger partial charge is 0.396 e. The lowest BCUT2D eigenvalue weighted by Crippen LogP contribution is -2.47. The van der Waals surface area contributed by atoms with E-state index in [9.17, 15) is 27.9 Å². The summed E-state index contributed by atoms with van der Waals surface area (Å²) in [5.74, 6) is -3.36. The first-order valence-electron chi connectivity index (χ1n) is 11.4. The number of aromatic nitrogens is 2. The number of aryl methyl sites for hydroxylation is 1. The Balaban J connectivity index is 1.97. The van der Waals surface area contributed by atoms with Gasteiger partial charge in [0.1, 0.15) is 5.92 Å². The molecule has 2 aromatic carbocycles. The summed E-state index contributed by atoms with van der Waals surface area (Å²) in [7, 11) is 0. The molecule has 0 fully saturated rings. The SMILES string of the molecule is [C-]#[N+]c1ccc(-n2ncc(C)c2C2=C(C)N(c3cccc(C(F)(F)F)c3)C(=O)C([C@H](C)CO)C2=O)cc1. The van der Waals surface area contributed by atoms with Crippen LogP contribution in [0.4, 0.5) is 24.5 Å². The number of Topliss-reactive ketones (excluding diaryl/α,β-unsaturated/α-hetero) is 1. The number of carbonyl (C=O) groups is 2. The molecule has 0 bridgehead atoms. The molecule has 3 aromatic rings. The summed E-state index contributed by atoms with van der Waals surface area (Å²) in [6, 6.07) is 10.9. The number of rotatable bonds is 5. The summed E-state index contributed by atoms with van der Waals surface area (Å²) < 4.78 is 41.9. The van der Waals surface area contributed by atoms with Crippen molar-refractivity contribution in [3.8, 4) is 5.69 Å². The number of hydrogen-bond donors (Lipinski definition) is 1. The van der Waals surface area contributed by atoms with Gasteiger partial charge in [-0.15, -0.1) is 0 Å². The fraction of sp³-hybridized carbons (Fsp3) is 0.259. The molecule has 0 spiro atoms. The van der Waals surface area contributed by atoms with Crippen LogP contribution in [0, 0.1) is 25.3 Å². The van der Waals surface area contributed by atoms with E-state index in [1.165, 1.54) is 30.7 Å². The number of amides is 1. The number of alkyl halides is 3. The number of hydrogen-bond acceptors (Lipinski definition) is 4. The van der Waals surface area contributed by atoms with Gasteiger partial charge in [0.25, 0.3) is 0 Å². The quantitative estimate of drug-likeness (QED) is 0.373. The maximum absolute atomic E-state index is 13.8. The van der Waals surface area contributed by atoms with Crippen molar-refractivity contribution in [3.05, 3.63) is 88.7 Å². The van der Waals surface area contributed by atoms with Crippen LogP contribution < -0.4 is 4.90 Å². The van der Waals surface area contributed by atoms with Gasteiger partial charge in [-0.1, -0.05) is 25.1 Å². The third kappa shape index (κ3) is 4.54. The summed E-state index contributed by atoms with van der Waals surface area (Å²) in [5.41, 5.74) is 1.24. The zero-order valence-corrected chi connectivity index (χ0v) is 20.2. The minimum absolute atomic E-state index is 0.0393. The lowest BCUT2D eigenvalue weighted by Gasteiger charge is -2.36. The molecule has 4 rings (SSSR count). The van der Waals surface area contributed by atoms with Crippen LogP contribution in [-0.2, 0) is 15.8 Å². The Morgan fingerprint density at radius 3 is 2.38 bits per heavy atom. The van der Waals surface area contributed by atoms with Crippen molar-refractivity contribution in [2.24, 2.45) is 11.8 Å². The standard InChI is InChI=1S/C27H23F3N4O3/c1-15-13-32-34(20-10-8-19(31-4)9-11-20)24(15)23-17(3)33(26(37)22(25(23)36)16(2)14-35)21-7-5-6-18(12-21)27(28,29)30/h5-13,16,22,35H,14H2,1-3H3/t16-,22?/m1/s1. The maximum atomic E-state index is 13.8. The second-order valence-corrected chi connectivity index (χ2v) is 8.90. The molecule has 1 unspecified atom stereocenters. The van der Waals surface area contributed by atoms with Gasteiger partial charge in [0.05, 0.1) is 35.3 Å². The lowest BCUT2D eigenvalue weighted by atomic mass is 9.80. The Morgan fingerprint density at radius 2 is 1.78 bits per heavy atom. The number of aliphatic hydroxyl groups is 1. The molecule has 0 saturated carbocycles. The molecule has 190 valence electrons. The molecule has 0 saturated heterocycles. The predicted molar refractivity (Wildman–Crippen MR) is 131 cm³/mol. The molecule has 1 aliphatic rings. The summed E-state index contributed by atoms with van der Waals surface area (Å²) in [6.07, 6.45) is -3.09. The summed E-state index contributed by atoms with van der Waals surface area (Å²) >= 11 is 0. The molecule has 1 amide bonds. The first-order valence-corrected chi connectivity index (χ1v) is 11.4. The van der Waals surface area contributed by atoms with Crippen molar-refractivity contribution in [1.29, 1.82) is 0 Å². The Kier molecular flexibility index (Phi) is 6.76. The first kappa shape index (κ1) is 25.9. The van der Waals surface area contributed by atoms with E-state index in [0.29, 0.717) is 22.6 Å². The van der Waals surface area contributed by atoms with Crippen LogP contribution >= 0.6 is 0 Å². The first-order chi connectivity index (χ1) is 17.5. The van der Waals surface area contributed by atoms with Gasteiger partial charge in [-0.05, 0) is 55.7 Å². The number of benzene rings is 2. The van der Waals surface area contributed by atoms with Gasteiger partial charge < -0.3 is 5.11 Å². The van der Waals surface area contributed by atoms with E-state index < -0.39 is 41.9 Å². The highest BCUT2D eigenvalue weighted by Gasteiger charge is 2.45. The zero-order chi connectivity index (χ0) is 27.1. The second kappa shape index (κ2) is 9.67. The van der Waals surface area contributed by atoms with E-state index in [1.807, 2.05) is 0 Å². The largest absolute Gasteiger partial charge is 0.416 e. The summed E-state index contributed by atoms with van der Waals surface area (Å²) in [5, 5.41) is 14.2. The van der Waals surface area contributed by atoms with Crippen LogP contribution in [0.3, 0.4) is 0 Å². The van der Waals surface area contributed by atoms with Gasteiger partial charge in [0, 0.05) is 18.0 Å². The molecular weight excluding hydrogens is 485 g/mol. The van der Waals surface area contributed by atoms with E-state index in [2.05, 4.69) is 9.94 Å². The molecule has 0 aliphatic carbocycles. The Hall–Kier alpha value is -4.23. The van der Waals surface area contributed by atoms with Crippen LogP contribution in [0.5, 0.6) is 0 Å². The normalized spacial score (nSPS) is 17.2. The van der Waals surface area contributed by atoms with Crippen molar-refractivity contribution in [2.75, 3.05) is 11.5 Å². The third-order valence-electron chi connectivity index (χ3n) is 6.41. The Morgan fingerprint density at radius 1 is 1.11 bits per heavy atom. The number of nitrogens with zero attached hydrogens (tertiary/aromatic N) is 4.